The number of hydrogen-bond acceptors (Lipinski definition) is 5. The summed E-state index contributed by atoms with van der Waals surface area (Å²) in [7, 11) is -4.41. The van der Waals surface area contributed by atoms with Crippen LogP contribution in [0, 0.1) is 0 Å². The number of benzene rings is 2. The van der Waals surface area contributed by atoms with Gasteiger partial charge in [-0.05, 0) is 44.1 Å². The van der Waals surface area contributed by atoms with Crippen molar-refractivity contribution in [3.63, 3.8) is 0 Å². The monoisotopic (exact) mass is 523 g/mol. The minimum atomic E-state index is -4.41. The molecule has 0 radical (unpaired) electrons. The second-order valence-electron chi connectivity index (χ2n) is 7.88. The van der Waals surface area contributed by atoms with Gasteiger partial charge in [-0.1, -0.05) is 35.3 Å². The highest BCUT2D eigenvalue weighted by atomic mass is 35.5. The van der Waals surface area contributed by atoms with Crippen molar-refractivity contribution < 1.29 is 28.3 Å². The van der Waals surface area contributed by atoms with Crippen molar-refractivity contribution in [2.24, 2.45) is 0 Å². The van der Waals surface area contributed by atoms with Crippen molar-refractivity contribution in [1.82, 2.24) is 4.90 Å². The molecule has 0 saturated carbocycles. The van der Waals surface area contributed by atoms with Crippen LogP contribution in [0.3, 0.4) is 0 Å². The van der Waals surface area contributed by atoms with Crippen molar-refractivity contribution in [2.45, 2.75) is 24.9 Å². The number of ether oxygens (including phenoxy) is 2. The van der Waals surface area contributed by atoms with Gasteiger partial charge < -0.3 is 24.2 Å². The number of phosphoric ester groups is 1. The largest absolute Gasteiger partial charge is 0.492 e. The maximum absolute atomic E-state index is 10.8. The molecule has 0 unspecified atom stereocenters. The molecule has 0 amide bonds. The van der Waals surface area contributed by atoms with Gasteiger partial charge in [-0.3, -0.25) is 4.52 Å². The van der Waals surface area contributed by atoms with Crippen LogP contribution in [-0.4, -0.2) is 47.5 Å². The van der Waals surface area contributed by atoms with Gasteiger partial charge in [-0.2, -0.15) is 0 Å². The topological polar surface area (TPSA) is 88.5 Å². The van der Waals surface area contributed by atoms with Crippen LogP contribution in [0.2, 0.25) is 10.0 Å². The summed E-state index contributed by atoms with van der Waals surface area (Å²) in [5.74, 6) is 1.53. The Morgan fingerprint density at radius 1 is 1.12 bits per heavy atom. The Morgan fingerprint density at radius 2 is 1.81 bits per heavy atom. The van der Waals surface area contributed by atoms with Crippen molar-refractivity contribution >= 4 is 43.4 Å². The SMILES string of the molecule is Cl.O=P(O)(O)OCCN1CCC2(CC1)COc1cc(OCc3c(Cl)cccc3Cl)ccc12. The first-order chi connectivity index (χ1) is 14.8. The number of rotatable bonds is 7. The van der Waals surface area contributed by atoms with E-state index < -0.39 is 7.82 Å². The zero-order chi connectivity index (χ0) is 22.1. The Balaban J connectivity index is 0.00000289. The molecule has 176 valence electrons. The fraction of sp³-hybridized carbons (Fsp3) is 0.429. The van der Waals surface area contributed by atoms with E-state index in [1.807, 2.05) is 12.1 Å². The summed E-state index contributed by atoms with van der Waals surface area (Å²) < 4.78 is 27.3. The van der Waals surface area contributed by atoms with Gasteiger partial charge in [0.25, 0.3) is 0 Å². The Morgan fingerprint density at radius 3 is 2.47 bits per heavy atom. The average molecular weight is 525 g/mol. The fourth-order valence-corrected chi connectivity index (χ4v) is 5.00. The summed E-state index contributed by atoms with van der Waals surface area (Å²) in [6.07, 6.45) is 1.82. The maximum atomic E-state index is 10.8. The van der Waals surface area contributed by atoms with Crippen molar-refractivity contribution in [2.75, 3.05) is 32.8 Å². The van der Waals surface area contributed by atoms with Crippen molar-refractivity contribution in [3.8, 4) is 11.5 Å². The first-order valence-corrected chi connectivity index (χ1v) is 12.3. The van der Waals surface area contributed by atoms with Crippen molar-refractivity contribution in [3.05, 3.63) is 57.6 Å². The van der Waals surface area contributed by atoms with Crippen LogP contribution in [0.25, 0.3) is 0 Å². The second kappa shape index (κ2) is 10.5. The standard InChI is InChI=1S/C21H24Cl2NO6P.ClH/c22-18-2-1-3-19(23)16(18)13-28-15-4-5-17-20(12-15)29-14-21(17)6-8-24(9-7-21)10-11-30-31(25,26)27;/h1-5,12H,6-11,13-14H2,(H2,25,26,27);1H. The highest BCUT2D eigenvalue weighted by Crippen LogP contribution is 2.47. The van der Waals surface area contributed by atoms with E-state index in [2.05, 4.69) is 15.5 Å². The molecule has 32 heavy (non-hydrogen) atoms. The maximum Gasteiger partial charge on any atom is 0.469 e. The molecule has 2 aromatic carbocycles. The molecular weight excluding hydrogens is 500 g/mol. The van der Waals surface area contributed by atoms with Gasteiger partial charge in [0.05, 0.1) is 13.2 Å². The zero-order valence-corrected chi connectivity index (χ0v) is 20.4. The third-order valence-electron chi connectivity index (χ3n) is 5.95. The molecule has 2 aliphatic heterocycles. The Kier molecular flexibility index (Phi) is 8.40. The quantitative estimate of drug-likeness (QED) is 0.502. The Bertz CT molecular complexity index is 973. The van der Waals surface area contributed by atoms with E-state index in [-0.39, 0.29) is 31.0 Å². The molecule has 1 spiro atoms. The van der Waals surface area contributed by atoms with Gasteiger partial charge in [0.2, 0.25) is 0 Å². The first-order valence-electron chi connectivity index (χ1n) is 10.0. The molecule has 2 aromatic rings. The molecule has 2 heterocycles. The lowest BCUT2D eigenvalue weighted by Gasteiger charge is -2.38. The van der Waals surface area contributed by atoms with E-state index >= 15 is 0 Å². The number of nitrogens with zero attached hydrogens (tertiary/aromatic N) is 1. The lowest BCUT2D eigenvalue weighted by atomic mass is 9.74. The molecule has 2 N–H and O–H groups in total. The average Bonchev–Trinajstić information content (AvgIpc) is 3.06. The van der Waals surface area contributed by atoms with Crippen LogP contribution >= 0.6 is 43.4 Å². The molecule has 0 aliphatic carbocycles. The van der Waals surface area contributed by atoms with E-state index in [1.165, 1.54) is 5.56 Å². The van der Waals surface area contributed by atoms with E-state index in [0.29, 0.717) is 28.9 Å². The van der Waals surface area contributed by atoms with Crippen molar-refractivity contribution in [1.29, 1.82) is 0 Å². The van der Waals surface area contributed by atoms with Gasteiger partial charge in [-0.25, -0.2) is 4.57 Å². The third-order valence-corrected chi connectivity index (χ3v) is 7.18. The molecule has 7 nitrogen and oxygen atoms in total. The Hall–Kier alpha value is -1.02. The van der Waals surface area contributed by atoms with E-state index in [1.54, 1.807) is 18.2 Å². The fourth-order valence-electron chi connectivity index (χ4n) is 4.18. The molecular formula is C21H25Cl3NO6P. The molecule has 2 aliphatic rings. The van der Waals surface area contributed by atoms with E-state index in [0.717, 1.165) is 37.2 Å². The molecule has 0 aromatic heterocycles. The van der Waals surface area contributed by atoms with E-state index in [9.17, 15) is 4.57 Å². The molecule has 0 atom stereocenters. The number of fused-ring (bicyclic) bond motifs is 2. The van der Waals surface area contributed by atoms with Crippen LogP contribution < -0.4 is 9.47 Å². The van der Waals surface area contributed by atoms with Gasteiger partial charge in [0.15, 0.2) is 0 Å². The summed E-state index contributed by atoms with van der Waals surface area (Å²) in [6.45, 7) is 3.03. The summed E-state index contributed by atoms with van der Waals surface area (Å²) >= 11 is 12.4. The molecule has 1 fully saturated rings. The van der Waals surface area contributed by atoms with Crippen LogP contribution in [0.15, 0.2) is 36.4 Å². The van der Waals surface area contributed by atoms with Crippen LogP contribution in [0.5, 0.6) is 11.5 Å². The predicted molar refractivity (Wildman–Crippen MR) is 125 cm³/mol. The Labute approximate surface area is 203 Å². The van der Waals surface area contributed by atoms with E-state index in [4.69, 9.17) is 42.5 Å². The van der Waals surface area contributed by atoms with Crippen LogP contribution in [-0.2, 0) is 21.1 Å². The summed E-state index contributed by atoms with van der Waals surface area (Å²) in [6, 6.07) is 11.3. The van der Waals surface area contributed by atoms with Crippen LogP contribution in [0.1, 0.15) is 24.0 Å². The minimum absolute atomic E-state index is 0. The van der Waals surface area contributed by atoms with Gasteiger partial charge in [-0.15, -0.1) is 12.4 Å². The third kappa shape index (κ3) is 5.91. The molecule has 0 bridgehead atoms. The smallest absolute Gasteiger partial charge is 0.469 e. The number of halogens is 3. The summed E-state index contributed by atoms with van der Waals surface area (Å²) in [4.78, 5) is 19.8. The molecule has 11 heteroatoms. The van der Waals surface area contributed by atoms with Gasteiger partial charge >= 0.3 is 7.82 Å². The number of phosphoric acid groups is 1. The van der Waals surface area contributed by atoms with Gasteiger partial charge in [0.1, 0.15) is 18.1 Å². The minimum Gasteiger partial charge on any atom is -0.492 e. The normalized spacial score (nSPS) is 17.5. The first kappa shape index (κ1) is 25.6. The lowest BCUT2D eigenvalue weighted by Crippen LogP contribution is -2.44. The highest BCUT2D eigenvalue weighted by Gasteiger charge is 2.43. The zero-order valence-electron chi connectivity index (χ0n) is 17.2. The number of piperidine rings is 1. The number of hydrogen-bond donors (Lipinski definition) is 2. The second-order valence-corrected chi connectivity index (χ2v) is 9.94. The predicted octanol–water partition coefficient (Wildman–Crippen LogP) is 4.83. The number of likely N-dealkylation sites (tertiary alicyclic amines) is 1. The summed E-state index contributed by atoms with van der Waals surface area (Å²) in [5.41, 5.74) is 1.89. The van der Waals surface area contributed by atoms with Gasteiger partial charge in [0, 0.05) is 39.2 Å². The lowest BCUT2D eigenvalue weighted by molar-refractivity contribution is 0.110. The molecule has 4 rings (SSSR count). The molecule has 1 saturated heterocycles. The summed E-state index contributed by atoms with van der Waals surface area (Å²) in [5, 5.41) is 1.14. The highest BCUT2D eigenvalue weighted by molar-refractivity contribution is 7.46. The van der Waals surface area contributed by atoms with Crippen LogP contribution in [0.4, 0.5) is 0 Å².